The smallest absolute Gasteiger partial charge is 0.145 e. The fourth-order valence-corrected chi connectivity index (χ4v) is 1.68. The van der Waals surface area contributed by atoms with Gasteiger partial charge in [0.25, 0.3) is 0 Å². The summed E-state index contributed by atoms with van der Waals surface area (Å²) in [7, 11) is 3.96. The third-order valence-corrected chi connectivity index (χ3v) is 2.45. The van der Waals surface area contributed by atoms with Gasteiger partial charge in [-0.05, 0) is 14.1 Å². The quantitative estimate of drug-likeness (QED) is 0.629. The molecule has 18 heavy (non-hydrogen) atoms. The monoisotopic (exact) mass is 243 g/mol. The third kappa shape index (κ3) is 3.03. The lowest BCUT2D eigenvalue weighted by Gasteiger charge is -2.11. The van der Waals surface area contributed by atoms with Crippen LogP contribution in [0.1, 0.15) is 5.82 Å². The molecule has 0 unspecified atom stereocenters. The van der Waals surface area contributed by atoms with E-state index in [9.17, 15) is 0 Å². The van der Waals surface area contributed by atoms with Crippen molar-refractivity contribution in [3.63, 3.8) is 0 Å². The second kappa shape index (κ2) is 5.57. The Labute approximate surface area is 107 Å². The highest BCUT2D eigenvalue weighted by molar-refractivity contribution is 5.62. The Morgan fingerprint density at radius 1 is 1.17 bits per heavy atom. The molecule has 5 heteroatoms. The fraction of sp³-hybridized carbons (Fsp3) is 0.231. The van der Waals surface area contributed by atoms with Crippen molar-refractivity contribution in [1.29, 1.82) is 0 Å². The van der Waals surface area contributed by atoms with E-state index in [0.29, 0.717) is 12.4 Å². The summed E-state index contributed by atoms with van der Waals surface area (Å²) in [6.45, 7) is 0.676. The zero-order valence-electron chi connectivity index (χ0n) is 10.6. The number of aromatic nitrogens is 2. The number of anilines is 1. The van der Waals surface area contributed by atoms with Gasteiger partial charge in [0.15, 0.2) is 0 Å². The predicted octanol–water partition coefficient (Wildman–Crippen LogP) is 1.49. The first-order valence-corrected chi connectivity index (χ1v) is 5.74. The highest BCUT2D eigenvalue weighted by atomic mass is 15.3. The fourth-order valence-electron chi connectivity index (χ4n) is 1.68. The molecule has 0 amide bonds. The summed E-state index contributed by atoms with van der Waals surface area (Å²) in [6.07, 6.45) is 0. The number of hydrogen-bond acceptors (Lipinski definition) is 5. The second-order valence-electron chi connectivity index (χ2n) is 4.30. The molecule has 1 aromatic heterocycles. The Morgan fingerprint density at radius 3 is 2.50 bits per heavy atom. The van der Waals surface area contributed by atoms with Crippen molar-refractivity contribution in [1.82, 2.24) is 14.9 Å². The molecule has 0 saturated carbocycles. The van der Waals surface area contributed by atoms with Crippen LogP contribution in [-0.4, -0.2) is 29.0 Å². The summed E-state index contributed by atoms with van der Waals surface area (Å²) >= 11 is 0. The molecule has 0 saturated heterocycles. The van der Waals surface area contributed by atoms with Crippen molar-refractivity contribution < 1.29 is 0 Å². The maximum absolute atomic E-state index is 5.44. The van der Waals surface area contributed by atoms with E-state index in [4.69, 9.17) is 5.84 Å². The molecule has 0 spiro atoms. The van der Waals surface area contributed by atoms with Crippen LogP contribution in [0, 0.1) is 0 Å². The second-order valence-corrected chi connectivity index (χ2v) is 4.30. The summed E-state index contributed by atoms with van der Waals surface area (Å²) in [5.74, 6) is 6.81. The molecule has 94 valence electrons. The van der Waals surface area contributed by atoms with E-state index >= 15 is 0 Å². The topological polar surface area (TPSA) is 67.1 Å². The van der Waals surface area contributed by atoms with Crippen molar-refractivity contribution in [3.05, 3.63) is 42.2 Å². The molecule has 2 aromatic rings. The Bertz CT molecular complexity index is 510. The van der Waals surface area contributed by atoms with Gasteiger partial charge in [-0.2, -0.15) is 0 Å². The highest BCUT2D eigenvalue weighted by Gasteiger charge is 2.06. The number of nitrogen functional groups attached to an aromatic ring is 1. The van der Waals surface area contributed by atoms with Crippen LogP contribution in [0.2, 0.25) is 0 Å². The van der Waals surface area contributed by atoms with Gasteiger partial charge in [0.05, 0.1) is 12.2 Å². The van der Waals surface area contributed by atoms with Crippen LogP contribution in [0.4, 0.5) is 5.82 Å². The molecule has 0 radical (unpaired) electrons. The lowest BCUT2D eigenvalue weighted by molar-refractivity contribution is 0.391. The van der Waals surface area contributed by atoms with E-state index < -0.39 is 0 Å². The maximum atomic E-state index is 5.44. The molecule has 0 aliphatic carbocycles. The predicted molar refractivity (Wildman–Crippen MR) is 72.7 cm³/mol. The van der Waals surface area contributed by atoms with E-state index in [1.54, 1.807) is 0 Å². The van der Waals surface area contributed by atoms with Gasteiger partial charge >= 0.3 is 0 Å². The van der Waals surface area contributed by atoms with Crippen LogP contribution in [0.25, 0.3) is 11.3 Å². The summed E-state index contributed by atoms with van der Waals surface area (Å²) in [4.78, 5) is 10.9. The number of hydrazine groups is 1. The summed E-state index contributed by atoms with van der Waals surface area (Å²) in [5, 5.41) is 0. The van der Waals surface area contributed by atoms with Crippen LogP contribution < -0.4 is 11.3 Å². The Hall–Kier alpha value is -1.98. The van der Waals surface area contributed by atoms with Crippen LogP contribution >= 0.6 is 0 Å². The highest BCUT2D eigenvalue weighted by Crippen LogP contribution is 2.19. The summed E-state index contributed by atoms with van der Waals surface area (Å²) in [5.41, 5.74) is 4.50. The number of nitrogens with two attached hydrogens (primary N) is 1. The van der Waals surface area contributed by atoms with Crippen LogP contribution in [0.5, 0.6) is 0 Å². The van der Waals surface area contributed by atoms with Crippen molar-refractivity contribution >= 4 is 5.82 Å². The van der Waals surface area contributed by atoms with Crippen molar-refractivity contribution in [3.8, 4) is 11.3 Å². The first kappa shape index (κ1) is 12.5. The Kier molecular flexibility index (Phi) is 3.86. The van der Waals surface area contributed by atoms with Gasteiger partial charge in [0, 0.05) is 11.6 Å². The molecule has 3 N–H and O–H groups in total. The van der Waals surface area contributed by atoms with Crippen LogP contribution in [0.3, 0.4) is 0 Å². The Balaban J connectivity index is 2.41. The van der Waals surface area contributed by atoms with E-state index in [1.165, 1.54) is 0 Å². The minimum Gasteiger partial charge on any atom is -0.308 e. The molecule has 0 aliphatic heterocycles. The average molecular weight is 243 g/mol. The molecule has 0 bridgehead atoms. The van der Waals surface area contributed by atoms with Crippen molar-refractivity contribution in [2.24, 2.45) is 5.84 Å². The number of nitrogens with zero attached hydrogens (tertiary/aromatic N) is 3. The molecule has 0 aliphatic rings. The molecule has 2 rings (SSSR count). The lowest BCUT2D eigenvalue weighted by Crippen LogP contribution is -2.16. The van der Waals surface area contributed by atoms with Gasteiger partial charge in [-0.3, -0.25) is 0 Å². The van der Waals surface area contributed by atoms with E-state index in [0.717, 1.165) is 17.1 Å². The first-order chi connectivity index (χ1) is 8.69. The zero-order chi connectivity index (χ0) is 13.0. The van der Waals surface area contributed by atoms with Crippen molar-refractivity contribution in [2.45, 2.75) is 6.54 Å². The standard InChI is InChI=1S/C13H17N5/c1-18(2)9-13-15-11(8-12(16-13)17-14)10-6-4-3-5-7-10/h3-8H,9,14H2,1-2H3,(H,15,16,17). The van der Waals surface area contributed by atoms with Gasteiger partial charge in [-0.1, -0.05) is 30.3 Å². The summed E-state index contributed by atoms with van der Waals surface area (Å²) in [6, 6.07) is 11.8. The molecular weight excluding hydrogens is 226 g/mol. The number of benzene rings is 1. The largest absolute Gasteiger partial charge is 0.308 e. The molecule has 1 aromatic carbocycles. The third-order valence-electron chi connectivity index (χ3n) is 2.45. The maximum Gasteiger partial charge on any atom is 0.145 e. The Morgan fingerprint density at radius 2 is 1.89 bits per heavy atom. The number of rotatable bonds is 4. The molecule has 1 heterocycles. The van der Waals surface area contributed by atoms with Gasteiger partial charge in [-0.25, -0.2) is 15.8 Å². The normalized spacial score (nSPS) is 10.7. The molecular formula is C13H17N5. The number of hydrogen-bond donors (Lipinski definition) is 2. The van der Waals surface area contributed by atoms with Crippen LogP contribution in [-0.2, 0) is 6.54 Å². The molecule has 5 nitrogen and oxygen atoms in total. The molecule has 0 fully saturated rings. The van der Waals surface area contributed by atoms with Gasteiger partial charge < -0.3 is 10.3 Å². The first-order valence-electron chi connectivity index (χ1n) is 5.74. The SMILES string of the molecule is CN(C)Cc1nc(NN)cc(-c2ccccc2)n1. The lowest BCUT2D eigenvalue weighted by atomic mass is 10.1. The van der Waals surface area contributed by atoms with E-state index in [1.807, 2.05) is 55.4 Å². The van der Waals surface area contributed by atoms with Crippen molar-refractivity contribution in [2.75, 3.05) is 19.5 Å². The van der Waals surface area contributed by atoms with Crippen LogP contribution in [0.15, 0.2) is 36.4 Å². The zero-order valence-corrected chi connectivity index (χ0v) is 10.6. The minimum absolute atomic E-state index is 0.626. The minimum atomic E-state index is 0.626. The van der Waals surface area contributed by atoms with E-state index in [-0.39, 0.29) is 0 Å². The van der Waals surface area contributed by atoms with Gasteiger partial charge in [0.2, 0.25) is 0 Å². The van der Waals surface area contributed by atoms with E-state index in [2.05, 4.69) is 15.4 Å². The average Bonchev–Trinajstić information content (AvgIpc) is 2.38. The number of nitrogens with one attached hydrogen (secondary N) is 1. The van der Waals surface area contributed by atoms with Gasteiger partial charge in [-0.15, -0.1) is 0 Å². The summed E-state index contributed by atoms with van der Waals surface area (Å²) < 4.78 is 0. The molecule has 0 atom stereocenters. The van der Waals surface area contributed by atoms with Gasteiger partial charge in [0.1, 0.15) is 11.6 Å².